The number of amides is 2. The molecular weight excluding hydrogens is 328 g/mol. The summed E-state index contributed by atoms with van der Waals surface area (Å²) in [7, 11) is 1.89. The van der Waals surface area contributed by atoms with Crippen LogP contribution in [-0.2, 0) is 18.3 Å². The minimum Gasteiger partial charge on any atom is -0.339 e. The molecule has 1 aromatic heterocycles. The Labute approximate surface area is 154 Å². The Morgan fingerprint density at radius 1 is 0.962 bits per heavy atom. The molecule has 3 rings (SSSR count). The Hall–Kier alpha value is -2.63. The van der Waals surface area contributed by atoms with Gasteiger partial charge in [-0.15, -0.1) is 0 Å². The lowest BCUT2D eigenvalue weighted by Gasteiger charge is -2.35. The maximum atomic E-state index is 12.7. The van der Waals surface area contributed by atoms with Gasteiger partial charge < -0.3 is 9.80 Å². The molecule has 138 valence electrons. The Morgan fingerprint density at radius 2 is 1.54 bits per heavy atom. The zero-order valence-corrected chi connectivity index (χ0v) is 16.0. The van der Waals surface area contributed by atoms with Gasteiger partial charge in [0, 0.05) is 50.0 Å². The highest BCUT2D eigenvalue weighted by Gasteiger charge is 2.26. The van der Waals surface area contributed by atoms with Gasteiger partial charge in [-0.2, -0.15) is 5.10 Å². The number of carbonyl (C=O) groups is 2. The molecular formula is C20H26N4O2. The number of rotatable bonds is 3. The van der Waals surface area contributed by atoms with E-state index in [-0.39, 0.29) is 11.8 Å². The number of aromatic nitrogens is 2. The molecule has 0 N–H and O–H groups in total. The lowest BCUT2D eigenvalue weighted by atomic mass is 10.1. The van der Waals surface area contributed by atoms with E-state index in [1.165, 1.54) is 0 Å². The molecule has 6 nitrogen and oxygen atoms in total. The van der Waals surface area contributed by atoms with Gasteiger partial charge in [-0.3, -0.25) is 14.3 Å². The predicted molar refractivity (Wildman–Crippen MR) is 100 cm³/mol. The fourth-order valence-corrected chi connectivity index (χ4v) is 3.37. The first-order valence-electron chi connectivity index (χ1n) is 8.99. The first kappa shape index (κ1) is 18.2. The van der Waals surface area contributed by atoms with Crippen molar-refractivity contribution in [1.29, 1.82) is 0 Å². The number of nitrogens with zero attached hydrogens (tertiary/aromatic N) is 4. The molecule has 1 fully saturated rings. The van der Waals surface area contributed by atoms with Crippen LogP contribution in [0, 0.1) is 20.8 Å². The van der Waals surface area contributed by atoms with Crippen LogP contribution in [0.15, 0.2) is 24.3 Å². The van der Waals surface area contributed by atoms with Crippen molar-refractivity contribution in [1.82, 2.24) is 19.6 Å². The minimum atomic E-state index is 0.0380. The van der Waals surface area contributed by atoms with Crippen molar-refractivity contribution in [2.45, 2.75) is 27.2 Å². The maximum Gasteiger partial charge on any atom is 0.253 e. The molecule has 1 aliphatic heterocycles. The molecule has 1 aromatic carbocycles. The van der Waals surface area contributed by atoms with Crippen molar-refractivity contribution < 1.29 is 9.59 Å². The van der Waals surface area contributed by atoms with Gasteiger partial charge in [-0.25, -0.2) is 0 Å². The van der Waals surface area contributed by atoms with E-state index in [9.17, 15) is 9.59 Å². The molecule has 0 atom stereocenters. The number of aryl methyl sites for hydroxylation is 3. The van der Waals surface area contributed by atoms with E-state index in [1.54, 1.807) is 0 Å². The quantitative estimate of drug-likeness (QED) is 0.845. The second-order valence-corrected chi connectivity index (χ2v) is 6.99. The van der Waals surface area contributed by atoms with E-state index in [2.05, 4.69) is 5.10 Å². The molecule has 0 unspecified atom stereocenters. The molecule has 1 aliphatic rings. The molecule has 2 amide bonds. The highest BCUT2D eigenvalue weighted by atomic mass is 16.2. The molecule has 26 heavy (non-hydrogen) atoms. The van der Waals surface area contributed by atoms with Gasteiger partial charge in [0.1, 0.15) is 0 Å². The van der Waals surface area contributed by atoms with E-state index in [0.717, 1.165) is 22.5 Å². The van der Waals surface area contributed by atoms with Crippen molar-refractivity contribution >= 4 is 11.8 Å². The third-order valence-corrected chi connectivity index (χ3v) is 5.20. The van der Waals surface area contributed by atoms with Crippen LogP contribution < -0.4 is 0 Å². The standard InChI is InChI=1S/C20H26N4O2/c1-14-5-7-17(8-6-14)20(26)24-11-9-23(10-12-24)19(25)13-18-15(2)21-22(4)16(18)3/h5-8H,9-13H2,1-4H3. The summed E-state index contributed by atoms with van der Waals surface area (Å²) < 4.78 is 1.82. The van der Waals surface area contributed by atoms with Crippen molar-refractivity contribution in [3.8, 4) is 0 Å². The fourth-order valence-electron chi connectivity index (χ4n) is 3.37. The molecule has 2 heterocycles. The molecule has 6 heteroatoms. The van der Waals surface area contributed by atoms with Crippen LogP contribution in [0.5, 0.6) is 0 Å². The number of hydrogen-bond donors (Lipinski definition) is 0. The average Bonchev–Trinajstić information content (AvgIpc) is 2.88. The Kier molecular flexibility index (Phi) is 5.11. The summed E-state index contributed by atoms with van der Waals surface area (Å²) in [6.07, 6.45) is 0.372. The SMILES string of the molecule is Cc1ccc(C(=O)N2CCN(C(=O)Cc3c(C)nn(C)c3C)CC2)cc1. The molecule has 0 aliphatic carbocycles. The zero-order chi connectivity index (χ0) is 18.8. The summed E-state index contributed by atoms with van der Waals surface area (Å²) in [4.78, 5) is 28.9. The molecule has 0 spiro atoms. The normalized spacial score (nSPS) is 14.6. The summed E-state index contributed by atoms with van der Waals surface area (Å²) in [5.74, 6) is 0.141. The largest absolute Gasteiger partial charge is 0.339 e. The maximum absolute atomic E-state index is 12.7. The van der Waals surface area contributed by atoms with Crippen LogP contribution in [0.2, 0.25) is 0 Å². The third kappa shape index (κ3) is 3.64. The Bertz CT molecular complexity index is 815. The molecule has 0 radical (unpaired) electrons. The summed E-state index contributed by atoms with van der Waals surface area (Å²) in [5, 5.41) is 4.38. The predicted octanol–water partition coefficient (Wildman–Crippen LogP) is 1.87. The van der Waals surface area contributed by atoms with E-state index >= 15 is 0 Å². The van der Waals surface area contributed by atoms with E-state index in [0.29, 0.717) is 38.2 Å². The molecule has 2 aromatic rings. The van der Waals surface area contributed by atoms with Crippen molar-refractivity contribution in [3.63, 3.8) is 0 Å². The van der Waals surface area contributed by atoms with Gasteiger partial charge >= 0.3 is 0 Å². The highest BCUT2D eigenvalue weighted by Crippen LogP contribution is 2.15. The van der Waals surface area contributed by atoms with Gasteiger partial charge in [-0.1, -0.05) is 17.7 Å². The monoisotopic (exact) mass is 354 g/mol. The van der Waals surface area contributed by atoms with E-state index < -0.39 is 0 Å². The van der Waals surface area contributed by atoms with Crippen LogP contribution in [0.1, 0.15) is 32.9 Å². The van der Waals surface area contributed by atoms with Crippen LogP contribution in [0.4, 0.5) is 0 Å². The van der Waals surface area contributed by atoms with Crippen LogP contribution in [-0.4, -0.2) is 57.6 Å². The number of hydrogen-bond acceptors (Lipinski definition) is 3. The smallest absolute Gasteiger partial charge is 0.253 e. The Balaban J connectivity index is 1.58. The first-order valence-corrected chi connectivity index (χ1v) is 8.99. The number of piperazine rings is 1. The van der Waals surface area contributed by atoms with Gasteiger partial charge in [0.05, 0.1) is 12.1 Å². The highest BCUT2D eigenvalue weighted by molar-refractivity contribution is 5.94. The topological polar surface area (TPSA) is 58.4 Å². The second-order valence-electron chi connectivity index (χ2n) is 6.99. The van der Waals surface area contributed by atoms with Gasteiger partial charge in [0.2, 0.25) is 5.91 Å². The summed E-state index contributed by atoms with van der Waals surface area (Å²) in [6, 6.07) is 7.63. The summed E-state index contributed by atoms with van der Waals surface area (Å²) in [5.41, 5.74) is 4.79. The van der Waals surface area contributed by atoms with Crippen LogP contribution in [0.3, 0.4) is 0 Å². The molecule has 1 saturated heterocycles. The van der Waals surface area contributed by atoms with Gasteiger partial charge in [0.15, 0.2) is 0 Å². The van der Waals surface area contributed by atoms with Crippen molar-refractivity contribution in [3.05, 3.63) is 52.3 Å². The van der Waals surface area contributed by atoms with E-state index in [4.69, 9.17) is 0 Å². The third-order valence-electron chi connectivity index (χ3n) is 5.20. The average molecular weight is 354 g/mol. The Morgan fingerprint density at radius 3 is 2.08 bits per heavy atom. The molecule has 0 bridgehead atoms. The summed E-state index contributed by atoms with van der Waals surface area (Å²) >= 11 is 0. The minimum absolute atomic E-state index is 0.0380. The number of carbonyl (C=O) groups excluding carboxylic acids is 2. The van der Waals surface area contributed by atoms with Gasteiger partial charge in [0.25, 0.3) is 5.91 Å². The lowest BCUT2D eigenvalue weighted by Crippen LogP contribution is -2.51. The number of benzene rings is 1. The van der Waals surface area contributed by atoms with Gasteiger partial charge in [-0.05, 0) is 32.9 Å². The van der Waals surface area contributed by atoms with Crippen LogP contribution >= 0.6 is 0 Å². The molecule has 0 saturated carbocycles. The summed E-state index contributed by atoms with van der Waals surface area (Å²) in [6.45, 7) is 8.23. The zero-order valence-electron chi connectivity index (χ0n) is 16.0. The first-order chi connectivity index (χ1) is 12.4. The van der Waals surface area contributed by atoms with E-state index in [1.807, 2.05) is 66.6 Å². The van der Waals surface area contributed by atoms with Crippen molar-refractivity contribution in [2.75, 3.05) is 26.2 Å². The van der Waals surface area contributed by atoms with Crippen LogP contribution in [0.25, 0.3) is 0 Å². The lowest BCUT2D eigenvalue weighted by molar-refractivity contribution is -0.131. The second kappa shape index (κ2) is 7.32. The van der Waals surface area contributed by atoms with Crippen molar-refractivity contribution in [2.24, 2.45) is 7.05 Å². The fraction of sp³-hybridized carbons (Fsp3) is 0.450.